The van der Waals surface area contributed by atoms with Crippen molar-refractivity contribution in [3.63, 3.8) is 0 Å². The molecule has 1 aliphatic rings. The second-order valence-corrected chi connectivity index (χ2v) is 6.00. The first kappa shape index (κ1) is 12.1. The maximum Gasteiger partial charge on any atom is 0.285 e. The molecule has 0 radical (unpaired) electrons. The van der Waals surface area contributed by atoms with Gasteiger partial charge in [0.25, 0.3) is 5.92 Å². The maximum atomic E-state index is 14.4. The molecular formula is C15H11F2I. The van der Waals surface area contributed by atoms with Gasteiger partial charge in [-0.1, -0.05) is 71.1 Å². The zero-order chi connectivity index (χ0) is 12.8. The van der Waals surface area contributed by atoms with E-state index in [2.05, 4.69) is 0 Å². The lowest BCUT2D eigenvalue weighted by Crippen LogP contribution is -2.26. The first-order valence-electron chi connectivity index (χ1n) is 5.80. The Labute approximate surface area is 118 Å². The average Bonchev–Trinajstić information content (AvgIpc) is 2.46. The zero-order valence-corrected chi connectivity index (χ0v) is 11.7. The van der Waals surface area contributed by atoms with Crippen LogP contribution in [0.5, 0.6) is 0 Å². The predicted molar refractivity (Wildman–Crippen MR) is 77.3 cm³/mol. The quantitative estimate of drug-likeness (QED) is 0.470. The van der Waals surface area contributed by atoms with E-state index in [0.29, 0.717) is 12.0 Å². The molecule has 2 aromatic carbocycles. The lowest BCUT2D eigenvalue weighted by Gasteiger charge is -2.21. The molecule has 18 heavy (non-hydrogen) atoms. The molecule has 92 valence electrons. The van der Waals surface area contributed by atoms with Gasteiger partial charge in [0.1, 0.15) is 0 Å². The van der Waals surface area contributed by atoms with E-state index in [-0.39, 0.29) is 5.56 Å². The van der Waals surface area contributed by atoms with Gasteiger partial charge in [0.15, 0.2) is 0 Å². The smallest absolute Gasteiger partial charge is 0.200 e. The van der Waals surface area contributed by atoms with E-state index >= 15 is 0 Å². The van der Waals surface area contributed by atoms with Crippen LogP contribution in [0.1, 0.15) is 11.1 Å². The van der Waals surface area contributed by atoms with Crippen molar-refractivity contribution in [3.8, 4) is 11.1 Å². The summed E-state index contributed by atoms with van der Waals surface area (Å²) in [4.78, 5) is 0. The van der Waals surface area contributed by atoms with Crippen molar-refractivity contribution in [1.29, 1.82) is 0 Å². The molecular weight excluding hydrogens is 345 g/mol. The molecule has 0 bridgehead atoms. The minimum atomic E-state index is -2.78. The highest BCUT2D eigenvalue weighted by atomic mass is 127. The van der Waals surface area contributed by atoms with Gasteiger partial charge in [0.05, 0.1) is 3.92 Å². The van der Waals surface area contributed by atoms with Crippen LogP contribution < -0.4 is 0 Å². The van der Waals surface area contributed by atoms with Crippen LogP contribution in [0.15, 0.2) is 48.5 Å². The Morgan fingerprint density at radius 3 is 2.33 bits per heavy atom. The number of hydrogen-bond acceptors (Lipinski definition) is 0. The summed E-state index contributed by atoms with van der Waals surface area (Å²) in [7, 11) is 0. The van der Waals surface area contributed by atoms with E-state index in [1.807, 2.05) is 52.9 Å². The number of halogens is 3. The lowest BCUT2D eigenvalue weighted by atomic mass is 9.96. The third-order valence-electron chi connectivity index (χ3n) is 3.39. The molecule has 1 aliphatic carbocycles. The van der Waals surface area contributed by atoms with Crippen molar-refractivity contribution < 1.29 is 8.78 Å². The summed E-state index contributed by atoms with van der Waals surface area (Å²) < 4.78 is 28.1. The molecule has 0 amide bonds. The van der Waals surface area contributed by atoms with Gasteiger partial charge in [-0.3, -0.25) is 0 Å². The molecule has 0 nitrogen and oxygen atoms in total. The number of hydrogen-bond donors (Lipinski definition) is 0. The van der Waals surface area contributed by atoms with Crippen LogP contribution in [0.25, 0.3) is 11.1 Å². The fraction of sp³-hybridized carbons (Fsp3) is 0.200. The van der Waals surface area contributed by atoms with E-state index < -0.39 is 9.85 Å². The molecule has 1 atom stereocenters. The summed E-state index contributed by atoms with van der Waals surface area (Å²) in [6, 6.07) is 14.5. The SMILES string of the molecule is FC1(F)c2ccccc2-c2ccccc2CC1I. The average molecular weight is 356 g/mol. The molecule has 3 rings (SSSR count). The van der Waals surface area contributed by atoms with Gasteiger partial charge in [-0.15, -0.1) is 0 Å². The molecule has 0 aromatic heterocycles. The van der Waals surface area contributed by atoms with Crippen molar-refractivity contribution in [1.82, 2.24) is 0 Å². The van der Waals surface area contributed by atoms with Crippen LogP contribution in [0.2, 0.25) is 0 Å². The summed E-state index contributed by atoms with van der Waals surface area (Å²) in [5.41, 5.74) is 2.75. The van der Waals surface area contributed by atoms with Crippen LogP contribution in [-0.2, 0) is 12.3 Å². The molecule has 0 fully saturated rings. The zero-order valence-electron chi connectivity index (χ0n) is 9.54. The molecule has 1 unspecified atom stereocenters. The van der Waals surface area contributed by atoms with Crippen molar-refractivity contribution in [2.75, 3.05) is 0 Å². The van der Waals surface area contributed by atoms with Crippen molar-refractivity contribution in [2.24, 2.45) is 0 Å². The van der Waals surface area contributed by atoms with Crippen LogP contribution in [0.3, 0.4) is 0 Å². The summed E-state index contributed by atoms with van der Waals surface area (Å²) in [5.74, 6) is -2.78. The van der Waals surface area contributed by atoms with Crippen LogP contribution in [0.4, 0.5) is 8.78 Å². The Kier molecular flexibility index (Phi) is 2.88. The van der Waals surface area contributed by atoms with Gasteiger partial charge in [-0.05, 0) is 23.1 Å². The van der Waals surface area contributed by atoms with Crippen LogP contribution >= 0.6 is 22.6 Å². The van der Waals surface area contributed by atoms with E-state index in [4.69, 9.17) is 0 Å². The summed E-state index contributed by atoms with van der Waals surface area (Å²) in [5, 5.41) is 0. The van der Waals surface area contributed by atoms with E-state index in [1.54, 1.807) is 18.2 Å². The van der Waals surface area contributed by atoms with Gasteiger partial charge in [-0.2, -0.15) is 0 Å². The Balaban J connectivity index is 2.34. The fourth-order valence-electron chi connectivity index (χ4n) is 2.46. The van der Waals surface area contributed by atoms with Crippen LogP contribution in [0, 0.1) is 0 Å². The second kappa shape index (κ2) is 4.30. The first-order chi connectivity index (χ1) is 8.60. The maximum absolute atomic E-state index is 14.4. The van der Waals surface area contributed by atoms with E-state index in [1.165, 1.54) is 0 Å². The number of benzene rings is 2. The van der Waals surface area contributed by atoms with Gasteiger partial charge in [0, 0.05) is 5.56 Å². The van der Waals surface area contributed by atoms with Gasteiger partial charge >= 0.3 is 0 Å². The molecule has 0 saturated heterocycles. The molecule has 3 heteroatoms. The molecule has 0 aliphatic heterocycles. The lowest BCUT2D eigenvalue weighted by molar-refractivity contribution is -0.0000982. The largest absolute Gasteiger partial charge is 0.285 e. The summed E-state index contributed by atoms with van der Waals surface area (Å²) >= 11 is 1.87. The minimum Gasteiger partial charge on any atom is -0.200 e. The molecule has 0 saturated carbocycles. The van der Waals surface area contributed by atoms with Crippen LogP contribution in [-0.4, -0.2) is 3.92 Å². The van der Waals surface area contributed by atoms with Gasteiger partial charge in [-0.25, -0.2) is 8.78 Å². The van der Waals surface area contributed by atoms with E-state index in [0.717, 1.165) is 11.1 Å². The van der Waals surface area contributed by atoms with Crippen molar-refractivity contribution in [2.45, 2.75) is 16.3 Å². The summed E-state index contributed by atoms with van der Waals surface area (Å²) in [6.45, 7) is 0. The van der Waals surface area contributed by atoms with Gasteiger partial charge in [0.2, 0.25) is 0 Å². The third-order valence-corrected chi connectivity index (χ3v) is 4.61. The Bertz CT molecular complexity index is 593. The van der Waals surface area contributed by atoms with E-state index in [9.17, 15) is 8.78 Å². The highest BCUT2D eigenvalue weighted by Gasteiger charge is 2.43. The number of fused-ring (bicyclic) bond motifs is 3. The minimum absolute atomic E-state index is 0.148. The molecule has 0 heterocycles. The second-order valence-electron chi connectivity index (χ2n) is 4.50. The Hall–Kier alpha value is -0.970. The van der Waals surface area contributed by atoms with Crippen molar-refractivity contribution >= 4 is 22.6 Å². The Morgan fingerprint density at radius 1 is 0.944 bits per heavy atom. The monoisotopic (exact) mass is 356 g/mol. The summed E-state index contributed by atoms with van der Waals surface area (Å²) in [6.07, 6.45) is 0.401. The fourth-order valence-corrected chi connectivity index (χ4v) is 3.27. The van der Waals surface area contributed by atoms with Gasteiger partial charge < -0.3 is 0 Å². The first-order valence-corrected chi connectivity index (χ1v) is 7.05. The topological polar surface area (TPSA) is 0 Å². The highest BCUT2D eigenvalue weighted by Crippen LogP contribution is 2.46. The number of alkyl halides is 3. The Morgan fingerprint density at radius 2 is 1.56 bits per heavy atom. The predicted octanol–water partition coefficient (Wildman–Crippen LogP) is 4.81. The normalized spacial score (nSPS) is 20.7. The molecule has 0 N–H and O–H groups in total. The standard InChI is InChI=1S/C15H11F2I/c16-15(17)13-8-4-3-7-12(13)11-6-2-1-5-10(11)9-14(15)18/h1-8,14H,9H2. The molecule has 2 aromatic rings. The molecule has 0 spiro atoms. The number of rotatable bonds is 0. The highest BCUT2D eigenvalue weighted by molar-refractivity contribution is 14.1. The van der Waals surface area contributed by atoms with Crippen molar-refractivity contribution in [3.05, 3.63) is 59.7 Å². The third kappa shape index (κ3) is 1.76.